The molecule has 0 aliphatic carbocycles. The van der Waals surface area contributed by atoms with Crippen molar-refractivity contribution in [1.29, 1.82) is 0 Å². The standard InChI is InChI=1S/C22H22ClN3O2S/c23-18-8-4-7-17(11-18)12-22-26-19(15-29-22)13-20(27)25-14-21(28)24-10-9-16-5-2-1-3-6-16/h1-8,11,15H,9-10,12-14H2,(H,24,28)(H,25,27). The molecule has 0 saturated heterocycles. The summed E-state index contributed by atoms with van der Waals surface area (Å²) in [6.45, 7) is 0.505. The third kappa shape index (κ3) is 7.33. The van der Waals surface area contributed by atoms with Crippen LogP contribution >= 0.6 is 22.9 Å². The lowest BCUT2D eigenvalue weighted by Gasteiger charge is -2.06. The molecule has 0 unspecified atom stereocenters. The predicted molar refractivity (Wildman–Crippen MR) is 116 cm³/mol. The number of halogens is 1. The van der Waals surface area contributed by atoms with Crippen molar-refractivity contribution in [3.63, 3.8) is 0 Å². The molecular weight excluding hydrogens is 406 g/mol. The lowest BCUT2D eigenvalue weighted by Crippen LogP contribution is -2.38. The van der Waals surface area contributed by atoms with Gasteiger partial charge in [0.05, 0.1) is 23.7 Å². The molecule has 5 nitrogen and oxygen atoms in total. The highest BCUT2D eigenvalue weighted by molar-refractivity contribution is 7.09. The van der Waals surface area contributed by atoms with E-state index in [1.165, 1.54) is 11.3 Å². The monoisotopic (exact) mass is 427 g/mol. The minimum absolute atomic E-state index is 0.0346. The van der Waals surface area contributed by atoms with Gasteiger partial charge < -0.3 is 10.6 Å². The third-order valence-electron chi connectivity index (χ3n) is 4.21. The van der Waals surface area contributed by atoms with Crippen LogP contribution in [0.25, 0.3) is 0 Å². The smallest absolute Gasteiger partial charge is 0.239 e. The summed E-state index contributed by atoms with van der Waals surface area (Å²) in [4.78, 5) is 28.5. The maximum Gasteiger partial charge on any atom is 0.239 e. The minimum atomic E-state index is -0.220. The maximum atomic E-state index is 12.1. The topological polar surface area (TPSA) is 71.1 Å². The van der Waals surface area contributed by atoms with Crippen molar-refractivity contribution in [2.75, 3.05) is 13.1 Å². The highest BCUT2D eigenvalue weighted by Gasteiger charge is 2.10. The Hall–Kier alpha value is -2.70. The van der Waals surface area contributed by atoms with Crippen LogP contribution in [0.5, 0.6) is 0 Å². The van der Waals surface area contributed by atoms with Crippen molar-refractivity contribution in [2.45, 2.75) is 19.3 Å². The zero-order chi connectivity index (χ0) is 20.5. The number of nitrogens with zero attached hydrogens (tertiary/aromatic N) is 1. The van der Waals surface area contributed by atoms with Gasteiger partial charge in [-0.2, -0.15) is 0 Å². The Balaban J connectivity index is 1.37. The minimum Gasteiger partial charge on any atom is -0.354 e. The average molecular weight is 428 g/mol. The Morgan fingerprint density at radius 1 is 0.966 bits per heavy atom. The summed E-state index contributed by atoms with van der Waals surface area (Å²) >= 11 is 7.52. The van der Waals surface area contributed by atoms with Crippen molar-refractivity contribution >= 4 is 34.8 Å². The molecule has 2 N–H and O–H groups in total. The summed E-state index contributed by atoms with van der Waals surface area (Å²) in [6, 6.07) is 17.6. The zero-order valence-electron chi connectivity index (χ0n) is 15.9. The molecule has 0 spiro atoms. The Morgan fingerprint density at radius 3 is 2.55 bits per heavy atom. The van der Waals surface area contributed by atoms with E-state index in [1.807, 2.05) is 60.0 Å². The summed E-state index contributed by atoms with van der Waals surface area (Å²) < 4.78 is 0. The van der Waals surface area contributed by atoms with Crippen molar-refractivity contribution in [3.8, 4) is 0 Å². The summed E-state index contributed by atoms with van der Waals surface area (Å²) in [5.41, 5.74) is 2.94. The maximum absolute atomic E-state index is 12.1. The van der Waals surface area contributed by atoms with Gasteiger partial charge in [-0.1, -0.05) is 54.1 Å². The van der Waals surface area contributed by atoms with E-state index < -0.39 is 0 Å². The predicted octanol–water partition coefficient (Wildman–Crippen LogP) is 3.40. The first-order valence-electron chi connectivity index (χ1n) is 9.33. The summed E-state index contributed by atoms with van der Waals surface area (Å²) in [7, 11) is 0. The first-order valence-corrected chi connectivity index (χ1v) is 10.6. The number of hydrogen-bond donors (Lipinski definition) is 2. The van der Waals surface area contributed by atoms with Crippen LogP contribution in [0.15, 0.2) is 60.0 Å². The summed E-state index contributed by atoms with van der Waals surface area (Å²) in [5, 5.41) is 8.94. The summed E-state index contributed by atoms with van der Waals surface area (Å²) in [5.74, 6) is -0.419. The van der Waals surface area contributed by atoms with Gasteiger partial charge in [0.2, 0.25) is 11.8 Å². The Morgan fingerprint density at radius 2 is 1.76 bits per heavy atom. The highest BCUT2D eigenvalue weighted by atomic mass is 35.5. The van der Waals surface area contributed by atoms with Crippen molar-refractivity contribution in [1.82, 2.24) is 15.6 Å². The molecule has 0 bridgehead atoms. The number of aromatic nitrogens is 1. The Kier molecular flexibility index (Phi) is 7.78. The molecule has 7 heteroatoms. The van der Waals surface area contributed by atoms with Gasteiger partial charge in [0.1, 0.15) is 0 Å². The number of rotatable bonds is 9. The molecule has 0 saturated carbocycles. The van der Waals surface area contributed by atoms with Gasteiger partial charge in [-0.05, 0) is 29.7 Å². The SMILES string of the molecule is O=C(CNC(=O)Cc1csc(Cc2cccc(Cl)c2)n1)NCCc1ccccc1. The number of nitrogens with one attached hydrogen (secondary N) is 2. The molecule has 1 aromatic heterocycles. The number of hydrogen-bond acceptors (Lipinski definition) is 4. The molecule has 2 aromatic carbocycles. The van der Waals surface area contributed by atoms with Gasteiger partial charge in [-0.25, -0.2) is 4.98 Å². The van der Waals surface area contributed by atoms with Gasteiger partial charge in [-0.15, -0.1) is 11.3 Å². The van der Waals surface area contributed by atoms with Crippen LogP contribution in [-0.2, 0) is 28.9 Å². The molecule has 29 heavy (non-hydrogen) atoms. The third-order valence-corrected chi connectivity index (χ3v) is 5.34. The van der Waals surface area contributed by atoms with Crippen molar-refractivity contribution < 1.29 is 9.59 Å². The van der Waals surface area contributed by atoms with E-state index in [2.05, 4.69) is 15.6 Å². The number of amides is 2. The highest BCUT2D eigenvalue weighted by Crippen LogP contribution is 2.18. The molecule has 2 amide bonds. The molecule has 0 aliphatic heterocycles. The van der Waals surface area contributed by atoms with E-state index in [9.17, 15) is 9.59 Å². The number of carbonyl (C=O) groups excluding carboxylic acids is 2. The van der Waals surface area contributed by atoms with Crippen LogP contribution in [-0.4, -0.2) is 29.9 Å². The number of benzene rings is 2. The Bertz CT molecular complexity index is 959. The summed E-state index contributed by atoms with van der Waals surface area (Å²) in [6.07, 6.45) is 1.59. The fraction of sp³-hybridized carbons (Fsp3) is 0.227. The molecule has 0 radical (unpaired) electrons. The molecule has 1 heterocycles. The molecule has 150 valence electrons. The van der Waals surface area contributed by atoms with Crippen molar-refractivity contribution in [2.24, 2.45) is 0 Å². The van der Waals surface area contributed by atoms with Gasteiger partial charge in [-0.3, -0.25) is 9.59 Å². The van der Waals surface area contributed by atoms with Gasteiger partial charge in [0.15, 0.2) is 0 Å². The lowest BCUT2D eigenvalue weighted by atomic mass is 10.1. The second-order valence-electron chi connectivity index (χ2n) is 6.58. The van der Waals surface area contributed by atoms with E-state index >= 15 is 0 Å². The quantitative estimate of drug-likeness (QED) is 0.549. The fourth-order valence-corrected chi connectivity index (χ4v) is 3.83. The zero-order valence-corrected chi connectivity index (χ0v) is 17.4. The van der Waals surface area contributed by atoms with Crippen LogP contribution in [0.4, 0.5) is 0 Å². The molecular formula is C22H22ClN3O2S. The van der Waals surface area contributed by atoms with E-state index in [0.717, 1.165) is 22.6 Å². The van der Waals surface area contributed by atoms with Crippen LogP contribution in [0.1, 0.15) is 21.8 Å². The second kappa shape index (κ2) is 10.7. The van der Waals surface area contributed by atoms with Gasteiger partial charge >= 0.3 is 0 Å². The first kappa shape index (κ1) is 21.0. The normalized spacial score (nSPS) is 10.5. The van der Waals surface area contributed by atoms with E-state index in [-0.39, 0.29) is 24.8 Å². The molecule has 0 atom stereocenters. The largest absolute Gasteiger partial charge is 0.354 e. The number of thiazole rings is 1. The fourth-order valence-electron chi connectivity index (χ4n) is 2.79. The number of carbonyl (C=O) groups is 2. The van der Waals surface area contributed by atoms with Crippen LogP contribution in [0.3, 0.4) is 0 Å². The van der Waals surface area contributed by atoms with E-state index in [1.54, 1.807) is 0 Å². The average Bonchev–Trinajstić information content (AvgIpc) is 3.14. The van der Waals surface area contributed by atoms with Crippen molar-refractivity contribution in [3.05, 3.63) is 86.8 Å². The first-order chi connectivity index (χ1) is 14.1. The molecule has 0 fully saturated rings. The van der Waals surface area contributed by atoms with E-state index in [4.69, 9.17) is 11.6 Å². The Labute approximate surface area is 179 Å². The van der Waals surface area contributed by atoms with Gasteiger partial charge in [0.25, 0.3) is 0 Å². The van der Waals surface area contributed by atoms with Crippen LogP contribution in [0, 0.1) is 0 Å². The van der Waals surface area contributed by atoms with Crippen LogP contribution in [0.2, 0.25) is 5.02 Å². The molecule has 3 aromatic rings. The second-order valence-corrected chi connectivity index (χ2v) is 7.96. The van der Waals surface area contributed by atoms with Crippen LogP contribution < -0.4 is 10.6 Å². The van der Waals surface area contributed by atoms with Gasteiger partial charge in [0, 0.05) is 23.4 Å². The lowest BCUT2D eigenvalue weighted by molar-refractivity contribution is -0.125. The molecule has 0 aliphatic rings. The molecule has 3 rings (SSSR count). The van der Waals surface area contributed by atoms with E-state index in [0.29, 0.717) is 23.7 Å².